The highest BCUT2D eigenvalue weighted by atomic mass is 32.1. The molecule has 30 heavy (non-hydrogen) atoms. The van der Waals surface area contributed by atoms with Crippen molar-refractivity contribution in [2.24, 2.45) is 5.92 Å². The number of hydrogen-bond donors (Lipinski definition) is 0. The molecule has 2 aliphatic heterocycles. The normalized spacial score (nSPS) is 18.1. The minimum atomic E-state index is 0.0220. The number of thiophene rings is 1. The lowest BCUT2D eigenvalue weighted by Gasteiger charge is -2.35. The summed E-state index contributed by atoms with van der Waals surface area (Å²) >= 11 is 3.15. The highest BCUT2D eigenvalue weighted by Gasteiger charge is 2.31. The van der Waals surface area contributed by atoms with Gasteiger partial charge >= 0.3 is 0 Å². The molecule has 0 atom stereocenters. The Morgan fingerprint density at radius 2 is 1.70 bits per heavy atom. The third kappa shape index (κ3) is 3.87. The number of rotatable bonds is 3. The minimum Gasteiger partial charge on any atom is -0.378 e. The van der Waals surface area contributed by atoms with E-state index in [1.807, 2.05) is 40.1 Å². The van der Waals surface area contributed by atoms with Gasteiger partial charge in [-0.15, -0.1) is 22.7 Å². The van der Waals surface area contributed by atoms with Gasteiger partial charge in [-0.1, -0.05) is 12.1 Å². The number of benzene rings is 1. The van der Waals surface area contributed by atoms with E-state index in [9.17, 15) is 9.59 Å². The molecule has 2 fully saturated rings. The van der Waals surface area contributed by atoms with Gasteiger partial charge in [0.15, 0.2) is 0 Å². The highest BCUT2D eigenvalue weighted by Crippen LogP contribution is 2.35. The Bertz CT molecular complexity index is 1030. The number of aromatic nitrogens is 1. The summed E-state index contributed by atoms with van der Waals surface area (Å²) in [7, 11) is 0. The quantitative estimate of drug-likeness (QED) is 0.621. The largest absolute Gasteiger partial charge is 0.378 e. The summed E-state index contributed by atoms with van der Waals surface area (Å²) < 4.78 is 6.49. The zero-order valence-electron chi connectivity index (χ0n) is 16.6. The van der Waals surface area contributed by atoms with Crippen LogP contribution >= 0.6 is 22.7 Å². The van der Waals surface area contributed by atoms with Crippen molar-refractivity contribution < 1.29 is 14.3 Å². The topological polar surface area (TPSA) is 62.7 Å². The Labute approximate surface area is 183 Å². The summed E-state index contributed by atoms with van der Waals surface area (Å²) in [6.45, 7) is 3.88. The molecule has 2 amide bonds. The molecular weight excluding hydrogens is 418 g/mol. The number of ether oxygens (including phenoxy) is 1. The van der Waals surface area contributed by atoms with E-state index in [0.29, 0.717) is 39.4 Å². The molecule has 3 aromatic rings. The predicted octanol–water partition coefficient (Wildman–Crippen LogP) is 3.74. The molecule has 4 heterocycles. The molecule has 2 aliphatic rings. The third-order valence-corrected chi connectivity index (χ3v) is 8.05. The lowest BCUT2D eigenvalue weighted by Crippen LogP contribution is -2.47. The lowest BCUT2D eigenvalue weighted by molar-refractivity contribution is -0.141. The number of likely N-dealkylation sites (tertiary alicyclic amines) is 1. The number of carbonyl (C=O) groups is 2. The van der Waals surface area contributed by atoms with Crippen LogP contribution in [0.15, 0.2) is 36.4 Å². The SMILES string of the molecule is O=C(c1ccc(-c2nc3ccccc3s2)s1)N1CCC(C(=O)N2CCOCC2)CC1. The number of carbonyl (C=O) groups excluding carboxylic acids is 2. The van der Waals surface area contributed by atoms with Gasteiger partial charge < -0.3 is 14.5 Å². The summed E-state index contributed by atoms with van der Waals surface area (Å²) in [6, 6.07) is 12.0. The maximum absolute atomic E-state index is 13.0. The average Bonchev–Trinajstić information content (AvgIpc) is 3.46. The van der Waals surface area contributed by atoms with E-state index in [4.69, 9.17) is 9.72 Å². The van der Waals surface area contributed by atoms with Crippen molar-refractivity contribution in [2.75, 3.05) is 39.4 Å². The van der Waals surface area contributed by atoms with Gasteiger partial charge in [-0.3, -0.25) is 9.59 Å². The molecule has 0 bridgehead atoms. The van der Waals surface area contributed by atoms with Crippen molar-refractivity contribution in [3.63, 3.8) is 0 Å². The van der Waals surface area contributed by atoms with E-state index in [-0.39, 0.29) is 17.7 Å². The van der Waals surface area contributed by atoms with Crippen molar-refractivity contribution in [1.82, 2.24) is 14.8 Å². The van der Waals surface area contributed by atoms with Crippen LogP contribution in [0.25, 0.3) is 20.1 Å². The molecule has 0 spiro atoms. The Hall–Kier alpha value is -2.29. The summed E-state index contributed by atoms with van der Waals surface area (Å²) in [6.07, 6.45) is 1.47. The number of fused-ring (bicyclic) bond motifs is 1. The van der Waals surface area contributed by atoms with Crippen LogP contribution in [0.2, 0.25) is 0 Å². The van der Waals surface area contributed by atoms with Crippen molar-refractivity contribution in [3.8, 4) is 9.88 Å². The molecule has 0 aliphatic carbocycles. The highest BCUT2D eigenvalue weighted by molar-refractivity contribution is 7.26. The number of nitrogens with zero attached hydrogens (tertiary/aromatic N) is 3. The number of thiazole rings is 1. The van der Waals surface area contributed by atoms with E-state index < -0.39 is 0 Å². The van der Waals surface area contributed by atoms with Crippen molar-refractivity contribution in [3.05, 3.63) is 41.3 Å². The third-order valence-electron chi connectivity index (χ3n) is 5.78. The van der Waals surface area contributed by atoms with Crippen LogP contribution < -0.4 is 0 Å². The molecule has 1 aromatic carbocycles. The first-order valence-electron chi connectivity index (χ1n) is 10.3. The zero-order chi connectivity index (χ0) is 20.5. The van der Waals surface area contributed by atoms with Crippen LogP contribution in [0.5, 0.6) is 0 Å². The van der Waals surface area contributed by atoms with Crippen LogP contribution in [0.4, 0.5) is 0 Å². The lowest BCUT2D eigenvalue weighted by atomic mass is 9.95. The molecule has 0 radical (unpaired) electrons. The van der Waals surface area contributed by atoms with Crippen molar-refractivity contribution >= 4 is 44.7 Å². The molecular formula is C22H23N3O3S2. The van der Waals surface area contributed by atoms with E-state index in [2.05, 4.69) is 6.07 Å². The van der Waals surface area contributed by atoms with Crippen molar-refractivity contribution in [1.29, 1.82) is 0 Å². The fraction of sp³-hybridized carbons (Fsp3) is 0.409. The second kappa shape index (κ2) is 8.45. The van der Waals surface area contributed by atoms with Crippen LogP contribution in [0.3, 0.4) is 0 Å². The molecule has 2 saturated heterocycles. The van der Waals surface area contributed by atoms with Gasteiger partial charge in [0, 0.05) is 32.1 Å². The fourth-order valence-electron chi connectivity index (χ4n) is 4.07. The van der Waals surface area contributed by atoms with Crippen LogP contribution in [0.1, 0.15) is 22.5 Å². The van der Waals surface area contributed by atoms with Crippen LogP contribution in [-0.2, 0) is 9.53 Å². The number of hydrogen-bond acceptors (Lipinski definition) is 6. The maximum Gasteiger partial charge on any atom is 0.263 e. The van der Waals surface area contributed by atoms with E-state index in [0.717, 1.165) is 37.8 Å². The van der Waals surface area contributed by atoms with Gasteiger partial charge in [0.1, 0.15) is 5.01 Å². The standard InChI is InChI=1S/C22H23N3O3S2/c26-21(25-11-13-28-14-12-25)15-7-9-24(10-8-15)22(27)19-6-5-18(29-19)20-23-16-3-1-2-4-17(16)30-20/h1-6,15H,7-14H2. The minimum absolute atomic E-state index is 0.0220. The maximum atomic E-state index is 13.0. The van der Waals surface area contributed by atoms with Crippen LogP contribution in [-0.4, -0.2) is 66.0 Å². The first-order valence-corrected chi connectivity index (χ1v) is 11.9. The molecule has 0 unspecified atom stereocenters. The Morgan fingerprint density at radius 1 is 0.933 bits per heavy atom. The van der Waals surface area contributed by atoms with Gasteiger partial charge in [0.05, 0.1) is 33.2 Å². The zero-order valence-corrected chi connectivity index (χ0v) is 18.2. The molecule has 5 rings (SSSR count). The summed E-state index contributed by atoms with van der Waals surface area (Å²) in [4.78, 5) is 36.0. The Balaban J connectivity index is 1.22. The molecule has 156 valence electrons. The number of piperidine rings is 1. The number of morpholine rings is 1. The Morgan fingerprint density at radius 3 is 2.47 bits per heavy atom. The molecule has 8 heteroatoms. The predicted molar refractivity (Wildman–Crippen MR) is 119 cm³/mol. The van der Waals surface area contributed by atoms with Gasteiger partial charge in [-0.25, -0.2) is 4.98 Å². The van der Waals surface area contributed by atoms with Gasteiger partial charge in [-0.05, 0) is 37.1 Å². The van der Waals surface area contributed by atoms with Crippen LogP contribution in [0, 0.1) is 5.92 Å². The van der Waals surface area contributed by atoms with Gasteiger partial charge in [-0.2, -0.15) is 0 Å². The summed E-state index contributed by atoms with van der Waals surface area (Å²) in [5, 5.41) is 0.954. The summed E-state index contributed by atoms with van der Waals surface area (Å²) in [5.74, 6) is 0.304. The smallest absolute Gasteiger partial charge is 0.263 e. The number of amides is 2. The average molecular weight is 442 g/mol. The molecule has 0 N–H and O–H groups in total. The first-order chi connectivity index (χ1) is 14.7. The molecule has 6 nitrogen and oxygen atoms in total. The van der Waals surface area contributed by atoms with E-state index in [1.165, 1.54) is 11.3 Å². The van der Waals surface area contributed by atoms with Crippen molar-refractivity contribution in [2.45, 2.75) is 12.8 Å². The first kappa shape index (κ1) is 19.7. The molecule has 2 aromatic heterocycles. The monoisotopic (exact) mass is 441 g/mol. The van der Waals surface area contributed by atoms with E-state index >= 15 is 0 Å². The second-order valence-corrected chi connectivity index (χ2v) is 9.77. The molecule has 0 saturated carbocycles. The fourth-order valence-corrected chi connectivity index (χ4v) is 6.07. The van der Waals surface area contributed by atoms with E-state index in [1.54, 1.807) is 11.3 Å². The number of para-hydroxylation sites is 1. The van der Waals surface area contributed by atoms with Gasteiger partial charge in [0.2, 0.25) is 5.91 Å². The Kier molecular flexibility index (Phi) is 5.54. The van der Waals surface area contributed by atoms with Gasteiger partial charge in [0.25, 0.3) is 5.91 Å². The second-order valence-electron chi connectivity index (χ2n) is 7.65. The summed E-state index contributed by atoms with van der Waals surface area (Å²) in [5.41, 5.74) is 0.991.